The minimum Gasteiger partial charge on any atom is -0.256 e. The van der Waals surface area contributed by atoms with Crippen LogP contribution in [0.25, 0.3) is 33.3 Å². The van der Waals surface area contributed by atoms with E-state index in [1.54, 1.807) is 0 Å². The highest BCUT2D eigenvalue weighted by Crippen LogP contribution is 2.21. The van der Waals surface area contributed by atoms with Gasteiger partial charge in [0.2, 0.25) is 0 Å². The van der Waals surface area contributed by atoms with Crippen molar-refractivity contribution in [1.29, 1.82) is 0 Å². The lowest BCUT2D eigenvalue weighted by Crippen LogP contribution is -2.03. The fourth-order valence-electron chi connectivity index (χ4n) is 3.24. The Morgan fingerprint density at radius 1 is 0.933 bits per heavy atom. The van der Waals surface area contributed by atoms with E-state index in [4.69, 9.17) is 14.6 Å². The highest BCUT2D eigenvalue weighted by Gasteiger charge is 2.09. The molecule has 2 aromatic carbocycles. The van der Waals surface area contributed by atoms with Crippen LogP contribution in [0.1, 0.15) is 11.1 Å². The summed E-state index contributed by atoms with van der Waals surface area (Å²) in [5.74, 6) is 0. The number of carbonyl (C=O) groups excluding carboxylic acids is 2. The van der Waals surface area contributed by atoms with Gasteiger partial charge < -0.3 is 0 Å². The lowest BCUT2D eigenvalue weighted by atomic mass is 10.1. The van der Waals surface area contributed by atoms with Gasteiger partial charge in [-0.05, 0) is 42.8 Å². The van der Waals surface area contributed by atoms with Crippen molar-refractivity contribution in [1.82, 2.24) is 25.0 Å². The van der Waals surface area contributed by atoms with E-state index in [0.717, 1.165) is 38.9 Å². The largest absolute Gasteiger partial charge is 0.373 e. The smallest absolute Gasteiger partial charge is 0.256 e. The highest BCUT2D eigenvalue weighted by molar-refractivity contribution is 5.79. The van der Waals surface area contributed by atoms with Crippen molar-refractivity contribution >= 4 is 28.2 Å². The molecule has 0 amide bonds. The molecule has 0 bridgehead atoms. The molecule has 7 heteroatoms. The Morgan fingerprint density at radius 2 is 1.70 bits per heavy atom. The number of pyridine rings is 2. The van der Waals surface area contributed by atoms with Crippen LogP contribution in [-0.4, -0.2) is 31.1 Å². The van der Waals surface area contributed by atoms with Crippen molar-refractivity contribution < 1.29 is 9.59 Å². The zero-order valence-corrected chi connectivity index (χ0v) is 16.2. The van der Waals surface area contributed by atoms with Crippen LogP contribution in [0.15, 0.2) is 72.9 Å². The minimum absolute atomic E-state index is 0.250. The molecule has 5 rings (SSSR count). The van der Waals surface area contributed by atoms with E-state index in [1.165, 1.54) is 5.56 Å². The maximum atomic E-state index is 8.12. The minimum atomic E-state index is 0.250. The summed E-state index contributed by atoms with van der Waals surface area (Å²) < 4.78 is 1.85. The van der Waals surface area contributed by atoms with E-state index >= 15 is 0 Å². The maximum absolute atomic E-state index is 8.12. The molecule has 0 radical (unpaired) electrons. The van der Waals surface area contributed by atoms with E-state index in [1.807, 2.05) is 35.1 Å². The number of fused-ring (bicyclic) bond motifs is 2. The molecule has 0 N–H and O–H groups in total. The molecular weight excluding hydrogens is 378 g/mol. The van der Waals surface area contributed by atoms with Gasteiger partial charge in [-0.15, -0.1) is 5.10 Å². The molecule has 0 aliphatic heterocycles. The summed E-state index contributed by atoms with van der Waals surface area (Å²) in [5, 5.41) is 9.69. The fourth-order valence-corrected chi connectivity index (χ4v) is 3.24. The Balaban J connectivity index is 0.000000687. The fraction of sp³-hybridized carbons (Fsp3) is 0.0870. The van der Waals surface area contributed by atoms with E-state index in [2.05, 4.69) is 64.7 Å². The molecule has 30 heavy (non-hydrogen) atoms. The van der Waals surface area contributed by atoms with Gasteiger partial charge in [-0.1, -0.05) is 47.2 Å². The SMILES string of the molecule is Cc1ccc(-c2ccc3nnn(Cc4ccc5ncccc5c4)c3n2)cc1.O=C=O. The number of rotatable bonds is 3. The second kappa shape index (κ2) is 8.43. The van der Waals surface area contributed by atoms with Crippen LogP contribution in [0.2, 0.25) is 0 Å². The number of hydrogen-bond donors (Lipinski definition) is 0. The molecule has 0 aliphatic rings. The van der Waals surface area contributed by atoms with Crippen LogP contribution in [0, 0.1) is 6.92 Å². The number of aryl methyl sites for hydroxylation is 1. The second-order valence-electron chi connectivity index (χ2n) is 6.77. The molecule has 7 nitrogen and oxygen atoms in total. The van der Waals surface area contributed by atoms with Crippen LogP contribution in [-0.2, 0) is 16.1 Å². The lowest BCUT2D eigenvalue weighted by Gasteiger charge is -2.06. The average molecular weight is 395 g/mol. The molecular formula is C23H17N5O2. The van der Waals surface area contributed by atoms with Crippen LogP contribution < -0.4 is 0 Å². The first kappa shape index (κ1) is 19.1. The molecule has 0 atom stereocenters. The molecule has 0 fully saturated rings. The van der Waals surface area contributed by atoms with E-state index < -0.39 is 0 Å². The summed E-state index contributed by atoms with van der Waals surface area (Å²) in [4.78, 5) is 25.4. The summed E-state index contributed by atoms with van der Waals surface area (Å²) in [6, 6.07) is 22.6. The Morgan fingerprint density at radius 3 is 2.50 bits per heavy atom. The molecule has 3 heterocycles. The van der Waals surface area contributed by atoms with Crippen molar-refractivity contribution in [3.63, 3.8) is 0 Å². The normalized spacial score (nSPS) is 10.4. The van der Waals surface area contributed by atoms with E-state index in [-0.39, 0.29) is 6.15 Å². The summed E-state index contributed by atoms with van der Waals surface area (Å²) in [7, 11) is 0. The topological polar surface area (TPSA) is 90.6 Å². The van der Waals surface area contributed by atoms with Crippen LogP contribution in [0.3, 0.4) is 0 Å². The number of aromatic nitrogens is 5. The molecule has 0 saturated heterocycles. The van der Waals surface area contributed by atoms with Gasteiger partial charge in [-0.25, -0.2) is 9.67 Å². The maximum Gasteiger partial charge on any atom is 0.373 e. The molecule has 0 saturated carbocycles. The van der Waals surface area contributed by atoms with E-state index in [9.17, 15) is 0 Å². The predicted molar refractivity (Wildman–Crippen MR) is 111 cm³/mol. The first-order chi connectivity index (χ1) is 14.7. The average Bonchev–Trinajstić information content (AvgIpc) is 3.17. The third-order valence-corrected chi connectivity index (χ3v) is 4.71. The third-order valence-electron chi connectivity index (χ3n) is 4.71. The van der Waals surface area contributed by atoms with Crippen molar-refractivity contribution in [2.45, 2.75) is 13.5 Å². The molecule has 5 aromatic rings. The van der Waals surface area contributed by atoms with E-state index in [0.29, 0.717) is 6.54 Å². The van der Waals surface area contributed by atoms with Gasteiger partial charge >= 0.3 is 6.15 Å². The third kappa shape index (κ3) is 3.97. The Hall–Kier alpha value is -4.22. The monoisotopic (exact) mass is 395 g/mol. The molecule has 0 aliphatic carbocycles. The number of hydrogen-bond acceptors (Lipinski definition) is 6. The van der Waals surface area contributed by atoms with Crippen molar-refractivity contribution in [3.05, 3.63) is 84.1 Å². The van der Waals surface area contributed by atoms with Crippen molar-refractivity contribution in [3.8, 4) is 11.3 Å². The summed E-state index contributed by atoms with van der Waals surface area (Å²) in [6.07, 6.45) is 2.06. The second-order valence-corrected chi connectivity index (χ2v) is 6.77. The summed E-state index contributed by atoms with van der Waals surface area (Å²) >= 11 is 0. The first-order valence-electron chi connectivity index (χ1n) is 9.28. The van der Waals surface area contributed by atoms with Gasteiger partial charge in [0, 0.05) is 17.1 Å². The van der Waals surface area contributed by atoms with Gasteiger partial charge in [-0.3, -0.25) is 4.98 Å². The molecule has 146 valence electrons. The molecule has 0 unspecified atom stereocenters. The highest BCUT2D eigenvalue weighted by atomic mass is 16.2. The quantitative estimate of drug-likeness (QED) is 0.461. The van der Waals surface area contributed by atoms with Gasteiger partial charge in [0.15, 0.2) is 5.65 Å². The van der Waals surface area contributed by atoms with Crippen molar-refractivity contribution in [2.24, 2.45) is 0 Å². The number of benzene rings is 2. The molecule has 3 aromatic heterocycles. The van der Waals surface area contributed by atoms with Gasteiger partial charge in [0.05, 0.1) is 17.8 Å². The van der Waals surface area contributed by atoms with Crippen LogP contribution in [0.5, 0.6) is 0 Å². The Kier molecular flexibility index (Phi) is 5.37. The lowest BCUT2D eigenvalue weighted by molar-refractivity contribution is -0.191. The van der Waals surface area contributed by atoms with Crippen LogP contribution >= 0.6 is 0 Å². The standard InChI is InChI=1S/C22H17N5.CO2/c1-15-4-7-17(8-5-15)20-10-11-21-22(24-20)27(26-25-21)14-16-6-9-19-18(13-16)3-2-12-23-19;2-1-3/h2-13H,14H2,1H3;. The Labute approximate surface area is 172 Å². The Bertz CT molecular complexity index is 1350. The van der Waals surface area contributed by atoms with Crippen LogP contribution in [0.4, 0.5) is 0 Å². The van der Waals surface area contributed by atoms with Gasteiger partial charge in [0.25, 0.3) is 0 Å². The van der Waals surface area contributed by atoms with Gasteiger partial charge in [-0.2, -0.15) is 9.59 Å². The number of nitrogens with zero attached hydrogens (tertiary/aromatic N) is 5. The van der Waals surface area contributed by atoms with Crippen molar-refractivity contribution in [2.75, 3.05) is 0 Å². The first-order valence-corrected chi connectivity index (χ1v) is 9.28. The zero-order chi connectivity index (χ0) is 20.9. The van der Waals surface area contributed by atoms with Gasteiger partial charge in [0.1, 0.15) is 5.52 Å². The summed E-state index contributed by atoms with van der Waals surface area (Å²) in [6.45, 7) is 2.70. The zero-order valence-electron chi connectivity index (χ0n) is 16.2. The summed E-state index contributed by atoms with van der Waals surface area (Å²) in [5.41, 5.74) is 6.97. The predicted octanol–water partition coefficient (Wildman–Crippen LogP) is 3.81. The molecule has 0 spiro atoms.